The number of methoxy groups -OCH3 is 2. The summed E-state index contributed by atoms with van der Waals surface area (Å²) in [6.07, 6.45) is 0. The van der Waals surface area contributed by atoms with Gasteiger partial charge in [0.15, 0.2) is 0 Å². The van der Waals surface area contributed by atoms with Crippen molar-refractivity contribution in [3.63, 3.8) is 0 Å². The lowest BCUT2D eigenvalue weighted by molar-refractivity contribution is -0.113. The first-order chi connectivity index (χ1) is 11.4. The average Bonchev–Trinajstić information content (AvgIpc) is 2.55. The molecule has 0 heterocycles. The van der Waals surface area contributed by atoms with Crippen LogP contribution in [-0.2, 0) is 4.79 Å². The second-order valence-electron chi connectivity index (χ2n) is 4.60. The van der Waals surface area contributed by atoms with Gasteiger partial charge in [-0.2, -0.15) is 0 Å². The number of benzene rings is 2. The second-order valence-corrected chi connectivity index (χ2v) is 6.02. The van der Waals surface area contributed by atoms with E-state index in [1.54, 1.807) is 0 Å². The third kappa shape index (κ3) is 4.52. The maximum atomic E-state index is 13.5. The van der Waals surface area contributed by atoms with E-state index in [1.165, 1.54) is 32.4 Å². The Labute approximate surface area is 147 Å². The highest BCUT2D eigenvalue weighted by molar-refractivity contribution is 8.00. The van der Waals surface area contributed by atoms with E-state index in [9.17, 15) is 13.6 Å². The largest absolute Gasteiger partial charge is 0.495 e. The third-order valence-electron chi connectivity index (χ3n) is 3.00. The summed E-state index contributed by atoms with van der Waals surface area (Å²) < 4.78 is 36.7. The van der Waals surface area contributed by atoms with E-state index in [0.717, 1.165) is 23.9 Å². The van der Waals surface area contributed by atoms with Crippen molar-refractivity contribution in [2.45, 2.75) is 4.90 Å². The molecule has 24 heavy (non-hydrogen) atoms. The normalized spacial score (nSPS) is 10.4. The molecule has 0 unspecified atom stereocenters. The van der Waals surface area contributed by atoms with E-state index in [0.29, 0.717) is 22.2 Å². The summed E-state index contributed by atoms with van der Waals surface area (Å²) in [5.74, 6) is -1.07. The van der Waals surface area contributed by atoms with Gasteiger partial charge in [0.05, 0.1) is 30.7 Å². The van der Waals surface area contributed by atoms with Crippen molar-refractivity contribution in [1.29, 1.82) is 0 Å². The summed E-state index contributed by atoms with van der Waals surface area (Å²) in [6, 6.07) is 6.24. The number of rotatable bonds is 6. The number of carbonyl (C=O) groups excluding carboxylic acids is 1. The fraction of sp³-hybridized carbons (Fsp3) is 0.188. The van der Waals surface area contributed by atoms with Crippen molar-refractivity contribution >= 4 is 35.0 Å². The van der Waals surface area contributed by atoms with Crippen molar-refractivity contribution in [2.24, 2.45) is 0 Å². The first kappa shape index (κ1) is 18.4. The van der Waals surface area contributed by atoms with Gasteiger partial charge in [-0.3, -0.25) is 4.79 Å². The van der Waals surface area contributed by atoms with Crippen LogP contribution in [0.5, 0.6) is 11.5 Å². The van der Waals surface area contributed by atoms with Crippen LogP contribution in [0.1, 0.15) is 0 Å². The quantitative estimate of drug-likeness (QED) is 0.764. The Bertz CT molecular complexity index is 758. The molecule has 0 saturated heterocycles. The Morgan fingerprint density at radius 3 is 2.50 bits per heavy atom. The van der Waals surface area contributed by atoms with Crippen molar-refractivity contribution in [3.8, 4) is 11.5 Å². The van der Waals surface area contributed by atoms with E-state index in [2.05, 4.69) is 5.32 Å². The van der Waals surface area contributed by atoms with E-state index in [1.807, 2.05) is 0 Å². The molecule has 1 amide bonds. The molecule has 0 aliphatic carbocycles. The summed E-state index contributed by atoms with van der Waals surface area (Å²) in [5.41, 5.74) is 0.379. The van der Waals surface area contributed by atoms with E-state index in [4.69, 9.17) is 21.1 Å². The van der Waals surface area contributed by atoms with E-state index < -0.39 is 11.6 Å². The molecule has 4 nitrogen and oxygen atoms in total. The van der Waals surface area contributed by atoms with Gasteiger partial charge in [-0.05, 0) is 12.1 Å². The van der Waals surface area contributed by atoms with Crippen molar-refractivity contribution in [3.05, 3.63) is 47.0 Å². The molecule has 8 heteroatoms. The molecule has 0 saturated carbocycles. The molecule has 0 spiro atoms. The number of nitrogens with one attached hydrogen (secondary N) is 1. The summed E-state index contributed by atoms with van der Waals surface area (Å²) in [7, 11) is 2.89. The average molecular weight is 374 g/mol. The van der Waals surface area contributed by atoms with Crippen LogP contribution in [0.2, 0.25) is 5.02 Å². The van der Waals surface area contributed by atoms with E-state index >= 15 is 0 Å². The lowest BCUT2D eigenvalue weighted by Crippen LogP contribution is -2.15. The SMILES string of the molecule is COc1cc(NC(=O)CSc2ccc(F)cc2F)c(OC)cc1Cl. The lowest BCUT2D eigenvalue weighted by Gasteiger charge is -2.13. The van der Waals surface area contributed by atoms with Crippen molar-refractivity contribution < 1.29 is 23.0 Å². The van der Waals surface area contributed by atoms with Crippen LogP contribution in [0, 0.1) is 11.6 Å². The Morgan fingerprint density at radius 1 is 1.17 bits per heavy atom. The van der Waals surface area contributed by atoms with Gasteiger partial charge in [0.2, 0.25) is 5.91 Å². The van der Waals surface area contributed by atoms with Crippen LogP contribution >= 0.6 is 23.4 Å². The van der Waals surface area contributed by atoms with Gasteiger partial charge >= 0.3 is 0 Å². The van der Waals surface area contributed by atoms with Crippen LogP contribution in [0.3, 0.4) is 0 Å². The standard InChI is InChI=1S/C16H14ClF2NO3S/c1-22-13-7-12(14(23-2)6-10(13)17)20-16(21)8-24-15-4-3-9(18)5-11(15)19/h3-7H,8H2,1-2H3,(H,20,21). The lowest BCUT2D eigenvalue weighted by atomic mass is 10.2. The molecule has 2 aromatic carbocycles. The van der Waals surface area contributed by atoms with Crippen LogP contribution in [0.15, 0.2) is 35.2 Å². The number of thioether (sulfide) groups is 1. The minimum atomic E-state index is -0.710. The minimum Gasteiger partial charge on any atom is -0.495 e. The smallest absolute Gasteiger partial charge is 0.234 e. The minimum absolute atomic E-state index is 0.0589. The number of carbonyl (C=O) groups is 1. The monoisotopic (exact) mass is 373 g/mol. The predicted molar refractivity (Wildman–Crippen MR) is 90.3 cm³/mol. The fourth-order valence-corrected chi connectivity index (χ4v) is 2.83. The fourth-order valence-electron chi connectivity index (χ4n) is 1.88. The molecular weight excluding hydrogens is 360 g/mol. The number of hydrogen-bond acceptors (Lipinski definition) is 4. The zero-order valence-corrected chi connectivity index (χ0v) is 14.4. The van der Waals surface area contributed by atoms with Gasteiger partial charge in [-0.15, -0.1) is 11.8 Å². The number of ether oxygens (including phenoxy) is 2. The molecule has 1 N–H and O–H groups in total. The summed E-state index contributed by atoms with van der Waals surface area (Å²) in [6.45, 7) is 0. The Balaban J connectivity index is 2.06. The molecule has 128 valence electrons. The third-order valence-corrected chi connectivity index (χ3v) is 4.34. The maximum absolute atomic E-state index is 13.5. The molecule has 0 aliphatic heterocycles. The van der Waals surface area contributed by atoms with Gasteiger partial charge < -0.3 is 14.8 Å². The van der Waals surface area contributed by atoms with E-state index in [-0.39, 0.29) is 16.6 Å². The maximum Gasteiger partial charge on any atom is 0.234 e. The molecule has 0 aliphatic rings. The number of anilines is 1. The summed E-state index contributed by atoms with van der Waals surface area (Å²) in [5, 5.41) is 2.99. The topological polar surface area (TPSA) is 47.6 Å². The Kier molecular flexibility index (Phi) is 6.28. The molecule has 0 fully saturated rings. The Hall–Kier alpha value is -1.99. The number of amides is 1. The molecule has 2 aromatic rings. The molecule has 0 aromatic heterocycles. The molecule has 0 radical (unpaired) electrons. The first-order valence-corrected chi connectivity index (χ1v) is 8.10. The van der Waals surface area contributed by atoms with Gasteiger partial charge in [-0.1, -0.05) is 11.6 Å². The van der Waals surface area contributed by atoms with Crippen LogP contribution < -0.4 is 14.8 Å². The first-order valence-electron chi connectivity index (χ1n) is 6.73. The van der Waals surface area contributed by atoms with Crippen molar-refractivity contribution in [1.82, 2.24) is 0 Å². The second kappa shape index (κ2) is 8.21. The predicted octanol–water partition coefficient (Wildman–Crippen LogP) is 4.37. The van der Waals surface area contributed by atoms with Crippen LogP contribution in [0.4, 0.5) is 14.5 Å². The van der Waals surface area contributed by atoms with Crippen molar-refractivity contribution in [2.75, 3.05) is 25.3 Å². The molecule has 2 rings (SSSR count). The summed E-state index contributed by atoms with van der Waals surface area (Å²) >= 11 is 6.95. The van der Waals surface area contributed by atoms with Gasteiger partial charge in [0, 0.05) is 23.1 Å². The van der Waals surface area contributed by atoms with Gasteiger partial charge in [0.25, 0.3) is 0 Å². The zero-order valence-electron chi connectivity index (χ0n) is 12.9. The molecule has 0 bridgehead atoms. The number of hydrogen-bond donors (Lipinski definition) is 1. The molecular formula is C16H14ClF2NO3S. The number of halogens is 3. The zero-order chi connectivity index (χ0) is 17.7. The highest BCUT2D eigenvalue weighted by Gasteiger charge is 2.13. The van der Waals surface area contributed by atoms with Gasteiger partial charge in [0.1, 0.15) is 23.1 Å². The highest BCUT2D eigenvalue weighted by atomic mass is 35.5. The highest BCUT2D eigenvalue weighted by Crippen LogP contribution is 2.36. The van der Waals surface area contributed by atoms with Crippen LogP contribution in [-0.4, -0.2) is 25.9 Å². The van der Waals surface area contributed by atoms with Crippen LogP contribution in [0.25, 0.3) is 0 Å². The Morgan fingerprint density at radius 2 is 1.88 bits per heavy atom. The molecule has 0 atom stereocenters. The summed E-state index contributed by atoms with van der Waals surface area (Å²) in [4.78, 5) is 12.2. The van der Waals surface area contributed by atoms with Gasteiger partial charge in [-0.25, -0.2) is 8.78 Å².